The summed E-state index contributed by atoms with van der Waals surface area (Å²) < 4.78 is 13.8. The smallest absolute Gasteiger partial charge is 0.223 e. The Labute approximate surface area is 120 Å². The Kier molecular flexibility index (Phi) is 4.58. The number of carbonyl (C=O) groups excluding carboxylic acids is 1. The van der Waals surface area contributed by atoms with Crippen LogP contribution < -0.4 is 5.32 Å². The van der Waals surface area contributed by atoms with Crippen LogP contribution in [0.3, 0.4) is 0 Å². The van der Waals surface area contributed by atoms with E-state index in [2.05, 4.69) is 21.2 Å². The van der Waals surface area contributed by atoms with Gasteiger partial charge in [0, 0.05) is 11.0 Å². The van der Waals surface area contributed by atoms with Crippen LogP contribution in [0, 0.1) is 5.82 Å². The molecule has 2 N–H and O–H groups in total. The third kappa shape index (κ3) is 4.28. The highest BCUT2D eigenvalue weighted by molar-refractivity contribution is 9.10. The van der Waals surface area contributed by atoms with Gasteiger partial charge in [-0.3, -0.25) is 4.79 Å². The van der Waals surface area contributed by atoms with Gasteiger partial charge in [0.25, 0.3) is 0 Å². The van der Waals surface area contributed by atoms with Crippen LogP contribution in [0.4, 0.5) is 4.39 Å². The predicted molar refractivity (Wildman–Crippen MR) is 74.0 cm³/mol. The van der Waals surface area contributed by atoms with Crippen molar-refractivity contribution < 1.29 is 14.3 Å². The highest BCUT2D eigenvalue weighted by atomic mass is 79.9. The van der Waals surface area contributed by atoms with Crippen LogP contribution in [0.2, 0.25) is 0 Å². The van der Waals surface area contributed by atoms with Crippen LogP contribution >= 0.6 is 15.9 Å². The molecule has 1 aliphatic rings. The predicted octanol–water partition coefficient (Wildman–Crippen LogP) is 2.90. The van der Waals surface area contributed by atoms with E-state index >= 15 is 0 Å². The summed E-state index contributed by atoms with van der Waals surface area (Å²) in [5, 5.41) is 12.8. The van der Waals surface area contributed by atoms with Gasteiger partial charge in [0.05, 0.1) is 12.0 Å². The van der Waals surface area contributed by atoms with Gasteiger partial charge < -0.3 is 10.4 Å². The second-order valence-electron chi connectivity index (χ2n) is 5.16. The van der Waals surface area contributed by atoms with E-state index in [0.29, 0.717) is 22.9 Å². The lowest BCUT2D eigenvalue weighted by Gasteiger charge is -2.21. The fourth-order valence-electron chi connectivity index (χ4n) is 2.48. The van der Waals surface area contributed by atoms with Crippen molar-refractivity contribution >= 4 is 21.8 Å². The number of hydrogen-bond donors (Lipinski definition) is 2. The molecule has 0 heterocycles. The first-order valence-corrected chi connectivity index (χ1v) is 7.20. The van der Waals surface area contributed by atoms with E-state index in [0.717, 1.165) is 12.8 Å². The Morgan fingerprint density at radius 1 is 1.37 bits per heavy atom. The van der Waals surface area contributed by atoms with Crippen LogP contribution in [0.5, 0.6) is 0 Å². The number of amides is 1. The van der Waals surface area contributed by atoms with Crippen molar-refractivity contribution in [3.05, 3.63) is 34.1 Å². The molecule has 0 bridgehead atoms. The topological polar surface area (TPSA) is 49.3 Å². The molecule has 1 amide bonds. The lowest BCUT2D eigenvalue weighted by atomic mass is 9.97. The van der Waals surface area contributed by atoms with Gasteiger partial charge >= 0.3 is 0 Å². The van der Waals surface area contributed by atoms with Crippen molar-refractivity contribution in [3.8, 4) is 0 Å². The second kappa shape index (κ2) is 6.01. The van der Waals surface area contributed by atoms with Crippen LogP contribution in [0.25, 0.3) is 0 Å². The van der Waals surface area contributed by atoms with E-state index in [1.54, 1.807) is 6.07 Å². The number of benzene rings is 1. The molecule has 0 aliphatic heterocycles. The summed E-state index contributed by atoms with van der Waals surface area (Å²) in [6.45, 7) is 0.269. The lowest BCUT2D eigenvalue weighted by molar-refractivity contribution is -0.126. The van der Waals surface area contributed by atoms with Gasteiger partial charge in [-0.2, -0.15) is 0 Å². The molecule has 0 atom stereocenters. The van der Waals surface area contributed by atoms with Crippen molar-refractivity contribution in [2.75, 3.05) is 0 Å². The molecule has 0 aromatic heterocycles. The zero-order valence-corrected chi connectivity index (χ0v) is 12.2. The first-order chi connectivity index (χ1) is 8.97. The average Bonchev–Trinajstić information content (AvgIpc) is 2.72. The largest absolute Gasteiger partial charge is 0.389 e. The molecule has 1 fully saturated rings. The monoisotopic (exact) mass is 329 g/mol. The zero-order valence-electron chi connectivity index (χ0n) is 10.6. The fraction of sp³-hybridized carbons (Fsp3) is 0.500. The number of rotatable bonds is 4. The molecule has 104 valence electrons. The van der Waals surface area contributed by atoms with E-state index < -0.39 is 5.60 Å². The average molecular weight is 330 g/mol. The molecule has 1 saturated carbocycles. The molecule has 3 nitrogen and oxygen atoms in total. The van der Waals surface area contributed by atoms with E-state index in [-0.39, 0.29) is 24.7 Å². The fourth-order valence-corrected chi connectivity index (χ4v) is 3.00. The SMILES string of the molecule is O=C(CC1(O)CCCC1)NCc1cc(F)cc(Br)c1. The lowest BCUT2D eigenvalue weighted by Crippen LogP contribution is -2.34. The minimum atomic E-state index is -0.841. The number of hydrogen-bond acceptors (Lipinski definition) is 2. The molecule has 0 spiro atoms. The Morgan fingerprint density at radius 2 is 2.05 bits per heavy atom. The molecule has 0 unspecified atom stereocenters. The standard InChI is InChI=1S/C14H17BrFNO2/c15-11-5-10(6-12(16)7-11)9-17-13(18)8-14(19)3-1-2-4-14/h5-7,19H,1-4,8-9H2,(H,17,18). The summed E-state index contributed by atoms with van der Waals surface area (Å²) in [6, 6.07) is 4.51. The Bertz CT molecular complexity index is 452. The van der Waals surface area contributed by atoms with Gasteiger partial charge in [0.2, 0.25) is 5.91 Å². The molecule has 0 saturated heterocycles. The normalized spacial score (nSPS) is 17.4. The summed E-state index contributed by atoms with van der Waals surface area (Å²) in [5.41, 5.74) is -0.147. The van der Waals surface area contributed by atoms with Crippen LogP contribution in [0.15, 0.2) is 22.7 Å². The third-order valence-electron chi connectivity index (χ3n) is 3.44. The van der Waals surface area contributed by atoms with Crippen LogP contribution in [-0.2, 0) is 11.3 Å². The summed E-state index contributed by atoms with van der Waals surface area (Å²) in [7, 11) is 0. The van der Waals surface area contributed by atoms with E-state index in [1.165, 1.54) is 12.1 Å². The molecule has 19 heavy (non-hydrogen) atoms. The van der Waals surface area contributed by atoms with E-state index in [9.17, 15) is 14.3 Å². The van der Waals surface area contributed by atoms with E-state index in [4.69, 9.17) is 0 Å². The van der Waals surface area contributed by atoms with Crippen LogP contribution in [0.1, 0.15) is 37.7 Å². The maximum atomic E-state index is 13.2. The van der Waals surface area contributed by atoms with Gasteiger partial charge in [-0.05, 0) is 36.6 Å². The first kappa shape index (κ1) is 14.5. The van der Waals surface area contributed by atoms with Gasteiger partial charge in [-0.15, -0.1) is 0 Å². The molecule has 5 heteroatoms. The van der Waals surface area contributed by atoms with Gasteiger partial charge in [0.15, 0.2) is 0 Å². The molecular formula is C14H17BrFNO2. The highest BCUT2D eigenvalue weighted by Crippen LogP contribution is 2.32. The molecule has 2 rings (SSSR count). The Balaban J connectivity index is 1.86. The van der Waals surface area contributed by atoms with Crippen molar-refractivity contribution in [1.82, 2.24) is 5.32 Å². The van der Waals surface area contributed by atoms with Crippen molar-refractivity contribution in [1.29, 1.82) is 0 Å². The van der Waals surface area contributed by atoms with Crippen molar-refractivity contribution in [2.45, 2.75) is 44.2 Å². The summed E-state index contributed by atoms with van der Waals surface area (Å²) in [5.74, 6) is -0.530. The van der Waals surface area contributed by atoms with Gasteiger partial charge in [-0.1, -0.05) is 28.8 Å². The second-order valence-corrected chi connectivity index (χ2v) is 6.08. The molecular weight excluding hydrogens is 313 g/mol. The maximum absolute atomic E-state index is 13.2. The number of nitrogens with one attached hydrogen (secondary N) is 1. The van der Waals surface area contributed by atoms with Gasteiger partial charge in [-0.25, -0.2) is 4.39 Å². The summed E-state index contributed by atoms with van der Waals surface area (Å²) in [4.78, 5) is 11.8. The molecule has 1 aromatic carbocycles. The zero-order chi connectivity index (χ0) is 13.9. The summed E-state index contributed by atoms with van der Waals surface area (Å²) >= 11 is 3.21. The van der Waals surface area contributed by atoms with Crippen LogP contribution in [-0.4, -0.2) is 16.6 Å². The van der Waals surface area contributed by atoms with Crippen molar-refractivity contribution in [3.63, 3.8) is 0 Å². The molecule has 1 aromatic rings. The molecule has 1 aliphatic carbocycles. The Morgan fingerprint density at radius 3 is 2.68 bits per heavy atom. The van der Waals surface area contributed by atoms with Crippen molar-refractivity contribution in [2.24, 2.45) is 0 Å². The first-order valence-electron chi connectivity index (χ1n) is 6.41. The minimum absolute atomic E-state index is 0.128. The minimum Gasteiger partial charge on any atom is -0.389 e. The molecule has 0 radical (unpaired) electrons. The summed E-state index contributed by atoms with van der Waals surface area (Å²) in [6.07, 6.45) is 3.45. The maximum Gasteiger partial charge on any atom is 0.223 e. The quantitative estimate of drug-likeness (QED) is 0.892. The Hall–Kier alpha value is -0.940. The number of carbonyl (C=O) groups is 1. The van der Waals surface area contributed by atoms with Gasteiger partial charge in [0.1, 0.15) is 5.82 Å². The number of aliphatic hydroxyl groups is 1. The van der Waals surface area contributed by atoms with E-state index in [1.807, 2.05) is 0 Å². The number of halogens is 2. The third-order valence-corrected chi connectivity index (χ3v) is 3.89. The highest BCUT2D eigenvalue weighted by Gasteiger charge is 2.33.